The van der Waals surface area contributed by atoms with Gasteiger partial charge in [-0.3, -0.25) is 0 Å². The first kappa shape index (κ1) is 22.0. The predicted octanol–water partition coefficient (Wildman–Crippen LogP) is 7.63. The summed E-state index contributed by atoms with van der Waals surface area (Å²) in [6.07, 6.45) is 1.65. The number of hydrogen-bond acceptors (Lipinski definition) is 6. The molecule has 0 spiro atoms. The molecule has 0 aliphatic carbocycles. The third-order valence-electron chi connectivity index (χ3n) is 5.38. The number of ether oxygens (including phenoxy) is 2. The summed E-state index contributed by atoms with van der Waals surface area (Å²) in [5, 5.41) is 3.73. The molecule has 8 heteroatoms. The first-order chi connectivity index (χ1) is 17.2. The van der Waals surface area contributed by atoms with Gasteiger partial charge in [0.25, 0.3) is 0 Å². The van der Waals surface area contributed by atoms with Crippen LogP contribution in [0, 0.1) is 0 Å². The summed E-state index contributed by atoms with van der Waals surface area (Å²) in [7, 11) is 0. The maximum atomic E-state index is 8.66. The van der Waals surface area contributed by atoms with Crippen molar-refractivity contribution in [3.63, 3.8) is 0 Å². The van der Waals surface area contributed by atoms with Crippen molar-refractivity contribution in [2.24, 2.45) is 5.11 Å². The number of fused-ring (bicyclic) bond motifs is 1. The van der Waals surface area contributed by atoms with Crippen molar-refractivity contribution >= 4 is 11.1 Å². The number of nitrogens with zero attached hydrogens (tertiary/aromatic N) is 5. The van der Waals surface area contributed by atoms with E-state index < -0.39 is 0 Å². The highest BCUT2D eigenvalue weighted by Crippen LogP contribution is 2.29. The first-order valence-electron chi connectivity index (χ1n) is 11.0. The molecule has 2 heterocycles. The second kappa shape index (κ2) is 9.99. The number of azide groups is 1. The van der Waals surface area contributed by atoms with E-state index in [1.165, 1.54) is 0 Å². The van der Waals surface area contributed by atoms with Gasteiger partial charge in [-0.15, -0.1) is 0 Å². The molecule has 8 nitrogen and oxygen atoms in total. The minimum Gasteiger partial charge on any atom is -0.489 e. The molecular formula is C27H21N5O3. The van der Waals surface area contributed by atoms with Crippen molar-refractivity contribution in [2.45, 2.75) is 19.6 Å². The summed E-state index contributed by atoms with van der Waals surface area (Å²) in [5.41, 5.74) is 12.7. The van der Waals surface area contributed by atoms with E-state index in [1.54, 1.807) is 12.3 Å². The molecule has 1 atom stereocenters. The van der Waals surface area contributed by atoms with Crippen LogP contribution >= 0.6 is 0 Å². The van der Waals surface area contributed by atoms with Crippen LogP contribution in [0.1, 0.15) is 24.1 Å². The van der Waals surface area contributed by atoms with Gasteiger partial charge in [0.05, 0.1) is 11.6 Å². The molecule has 0 amide bonds. The minimum atomic E-state index is -0.293. The van der Waals surface area contributed by atoms with Crippen molar-refractivity contribution in [3.8, 4) is 28.8 Å². The number of benzene rings is 3. The number of aromatic nitrogens is 2. The molecule has 0 radical (unpaired) electrons. The Bertz CT molecular complexity index is 1490. The summed E-state index contributed by atoms with van der Waals surface area (Å²) < 4.78 is 17.7. The van der Waals surface area contributed by atoms with Gasteiger partial charge in [0.15, 0.2) is 5.58 Å². The third-order valence-corrected chi connectivity index (χ3v) is 5.38. The maximum Gasteiger partial charge on any atom is 0.228 e. The molecule has 172 valence electrons. The Morgan fingerprint density at radius 3 is 2.63 bits per heavy atom. The van der Waals surface area contributed by atoms with E-state index in [4.69, 9.17) is 19.4 Å². The zero-order chi connectivity index (χ0) is 24.0. The summed E-state index contributed by atoms with van der Waals surface area (Å²) in [4.78, 5) is 11.8. The van der Waals surface area contributed by atoms with Crippen molar-refractivity contribution in [1.29, 1.82) is 0 Å². The maximum absolute atomic E-state index is 8.66. The van der Waals surface area contributed by atoms with Crippen LogP contribution in [0.5, 0.6) is 17.4 Å². The van der Waals surface area contributed by atoms with E-state index in [9.17, 15) is 0 Å². The summed E-state index contributed by atoms with van der Waals surface area (Å²) >= 11 is 0. The highest BCUT2D eigenvalue weighted by Gasteiger charge is 2.12. The topological polar surface area (TPSA) is 106 Å². The van der Waals surface area contributed by atoms with Crippen molar-refractivity contribution < 1.29 is 13.9 Å². The lowest BCUT2D eigenvalue weighted by Gasteiger charge is -2.09. The minimum absolute atomic E-state index is 0.293. The molecule has 0 aliphatic rings. The Labute approximate surface area is 201 Å². The van der Waals surface area contributed by atoms with Gasteiger partial charge >= 0.3 is 0 Å². The van der Waals surface area contributed by atoms with E-state index >= 15 is 0 Å². The van der Waals surface area contributed by atoms with Gasteiger partial charge in [-0.1, -0.05) is 54.5 Å². The van der Waals surface area contributed by atoms with Gasteiger partial charge in [0.1, 0.15) is 23.6 Å². The van der Waals surface area contributed by atoms with Crippen LogP contribution in [0.15, 0.2) is 101 Å². The highest BCUT2D eigenvalue weighted by molar-refractivity contribution is 5.77. The Morgan fingerprint density at radius 2 is 1.83 bits per heavy atom. The molecule has 0 N–H and O–H groups in total. The van der Waals surface area contributed by atoms with E-state index in [-0.39, 0.29) is 6.04 Å². The fourth-order valence-corrected chi connectivity index (χ4v) is 3.52. The Hall–Kier alpha value is -4.81. The van der Waals surface area contributed by atoms with E-state index in [1.807, 2.05) is 85.8 Å². The van der Waals surface area contributed by atoms with Gasteiger partial charge in [-0.25, -0.2) is 9.97 Å². The van der Waals surface area contributed by atoms with E-state index in [0.29, 0.717) is 41.0 Å². The summed E-state index contributed by atoms with van der Waals surface area (Å²) in [5.74, 6) is 2.22. The first-order valence-corrected chi connectivity index (χ1v) is 11.0. The Kier molecular flexibility index (Phi) is 6.28. The molecule has 0 aliphatic heterocycles. The average Bonchev–Trinajstić information content (AvgIpc) is 3.32. The van der Waals surface area contributed by atoms with Crippen LogP contribution in [0.4, 0.5) is 0 Å². The van der Waals surface area contributed by atoms with Crippen LogP contribution in [0.3, 0.4) is 0 Å². The number of oxazole rings is 1. The highest BCUT2D eigenvalue weighted by atomic mass is 16.5. The lowest BCUT2D eigenvalue weighted by molar-refractivity contribution is 0.304. The molecule has 3 aromatic carbocycles. The lowest BCUT2D eigenvalue weighted by Crippen LogP contribution is -1.95. The molecule has 5 aromatic rings. The predicted molar refractivity (Wildman–Crippen MR) is 132 cm³/mol. The Morgan fingerprint density at radius 1 is 0.971 bits per heavy atom. The molecule has 0 fully saturated rings. The monoisotopic (exact) mass is 463 g/mol. The smallest absolute Gasteiger partial charge is 0.228 e. The van der Waals surface area contributed by atoms with E-state index in [0.717, 1.165) is 16.7 Å². The standard InChI is InChI=1S/C27H21N5O3/c1-18(31-32-28)20-10-12-24-25(14-20)35-27(30-24)21-11-13-26(29-16-21)34-23-9-5-8-22(15-23)33-17-19-6-3-2-4-7-19/h2-16,18H,17H2,1H3. The normalized spacial score (nSPS) is 11.6. The number of rotatable bonds is 8. The Balaban J connectivity index is 1.28. The summed E-state index contributed by atoms with van der Waals surface area (Å²) in [6.45, 7) is 2.31. The van der Waals surface area contributed by atoms with Crippen molar-refractivity contribution in [3.05, 3.63) is 113 Å². The van der Waals surface area contributed by atoms with Crippen LogP contribution in [-0.4, -0.2) is 9.97 Å². The molecule has 0 bridgehead atoms. The molecule has 35 heavy (non-hydrogen) atoms. The zero-order valence-corrected chi connectivity index (χ0v) is 18.9. The van der Waals surface area contributed by atoms with Gasteiger partial charge in [-0.05, 0) is 47.0 Å². The van der Waals surface area contributed by atoms with Crippen LogP contribution in [0.2, 0.25) is 0 Å². The molecule has 5 rings (SSSR count). The SMILES string of the molecule is CC(N=[N+]=[N-])c1ccc2nc(-c3ccc(Oc4cccc(OCc5ccccc5)c4)nc3)oc2c1. The van der Waals surface area contributed by atoms with Gasteiger partial charge < -0.3 is 13.9 Å². The second-order valence-electron chi connectivity index (χ2n) is 7.86. The fourth-order valence-electron chi connectivity index (χ4n) is 3.52. The molecule has 0 saturated carbocycles. The van der Waals surface area contributed by atoms with Gasteiger partial charge in [0, 0.05) is 23.2 Å². The lowest BCUT2D eigenvalue weighted by atomic mass is 10.1. The van der Waals surface area contributed by atoms with Gasteiger partial charge in [-0.2, -0.15) is 0 Å². The van der Waals surface area contributed by atoms with Crippen molar-refractivity contribution in [1.82, 2.24) is 9.97 Å². The zero-order valence-electron chi connectivity index (χ0n) is 18.9. The quantitative estimate of drug-likeness (QED) is 0.134. The molecule has 1 unspecified atom stereocenters. The van der Waals surface area contributed by atoms with E-state index in [2.05, 4.69) is 20.0 Å². The number of hydrogen-bond donors (Lipinski definition) is 0. The molecule has 2 aromatic heterocycles. The summed E-state index contributed by atoms with van der Waals surface area (Å²) in [6, 6.07) is 26.3. The van der Waals surface area contributed by atoms with Crippen LogP contribution in [-0.2, 0) is 6.61 Å². The number of pyridine rings is 1. The fraction of sp³-hybridized carbons (Fsp3) is 0.111. The molecule has 0 saturated heterocycles. The van der Waals surface area contributed by atoms with Crippen LogP contribution in [0.25, 0.3) is 33.0 Å². The average molecular weight is 463 g/mol. The largest absolute Gasteiger partial charge is 0.489 e. The third kappa shape index (κ3) is 5.24. The van der Waals surface area contributed by atoms with Crippen molar-refractivity contribution in [2.75, 3.05) is 0 Å². The van der Waals surface area contributed by atoms with Crippen LogP contribution < -0.4 is 9.47 Å². The second-order valence-corrected chi connectivity index (χ2v) is 7.86. The molecular weight excluding hydrogens is 442 g/mol. The van der Waals surface area contributed by atoms with Gasteiger partial charge in [0.2, 0.25) is 11.8 Å².